The molecule has 0 aliphatic carbocycles. The van der Waals surface area contributed by atoms with Crippen LogP contribution in [-0.2, 0) is 6.42 Å². The van der Waals surface area contributed by atoms with Crippen molar-refractivity contribution in [1.29, 1.82) is 0 Å². The molecule has 6 nitrogen and oxygen atoms in total. The van der Waals surface area contributed by atoms with Crippen LogP contribution in [0.15, 0.2) is 23.0 Å². The molecule has 1 aliphatic heterocycles. The molecule has 2 heterocycles. The third-order valence-corrected chi connectivity index (χ3v) is 3.24. The van der Waals surface area contributed by atoms with Crippen LogP contribution in [0.4, 0.5) is 5.69 Å². The van der Waals surface area contributed by atoms with Crippen molar-refractivity contribution >= 4 is 5.69 Å². The highest BCUT2D eigenvalue weighted by Gasteiger charge is 2.17. The Morgan fingerprint density at radius 3 is 2.90 bits per heavy atom. The number of aryl methyl sites for hydroxylation is 1. The quantitative estimate of drug-likeness (QED) is 0.839. The van der Waals surface area contributed by atoms with Crippen LogP contribution in [0.2, 0.25) is 0 Å². The number of anilines is 1. The molecule has 3 rings (SSSR count). The molecule has 0 unspecified atom stereocenters. The van der Waals surface area contributed by atoms with E-state index in [2.05, 4.69) is 9.97 Å². The SMILES string of the molecule is CCCc1nc(-c2cc(N)c3c(c2)OCCO3)cc(=O)[nH]1. The van der Waals surface area contributed by atoms with Gasteiger partial charge in [-0.1, -0.05) is 6.92 Å². The Hall–Kier alpha value is -2.50. The molecule has 0 spiro atoms. The van der Waals surface area contributed by atoms with E-state index in [-0.39, 0.29) is 5.56 Å². The topological polar surface area (TPSA) is 90.2 Å². The van der Waals surface area contributed by atoms with Crippen LogP contribution in [0.1, 0.15) is 19.2 Å². The number of ether oxygens (including phenoxy) is 2. The number of aromatic amines is 1. The molecule has 2 aromatic rings. The summed E-state index contributed by atoms with van der Waals surface area (Å²) in [6, 6.07) is 5.03. The van der Waals surface area contributed by atoms with E-state index >= 15 is 0 Å². The number of aromatic nitrogens is 2. The zero-order chi connectivity index (χ0) is 14.8. The molecule has 0 saturated carbocycles. The number of benzene rings is 1. The van der Waals surface area contributed by atoms with Gasteiger partial charge in [-0.2, -0.15) is 0 Å². The van der Waals surface area contributed by atoms with Gasteiger partial charge in [-0.05, 0) is 18.6 Å². The Labute approximate surface area is 121 Å². The molecule has 3 N–H and O–H groups in total. The van der Waals surface area contributed by atoms with Crippen molar-refractivity contribution in [3.8, 4) is 22.8 Å². The Bertz CT molecular complexity index is 725. The fraction of sp³-hybridized carbons (Fsp3) is 0.333. The Balaban J connectivity index is 2.08. The molecule has 0 atom stereocenters. The third kappa shape index (κ3) is 2.69. The van der Waals surface area contributed by atoms with Crippen LogP contribution in [-0.4, -0.2) is 23.2 Å². The predicted molar refractivity (Wildman–Crippen MR) is 79.7 cm³/mol. The summed E-state index contributed by atoms with van der Waals surface area (Å²) in [6.45, 7) is 3.01. The van der Waals surface area contributed by atoms with Gasteiger partial charge in [0, 0.05) is 18.1 Å². The van der Waals surface area contributed by atoms with E-state index in [1.807, 2.05) is 13.0 Å². The molecular formula is C15H17N3O3. The van der Waals surface area contributed by atoms with Gasteiger partial charge >= 0.3 is 0 Å². The number of nitrogens with two attached hydrogens (primary N) is 1. The summed E-state index contributed by atoms with van der Waals surface area (Å²) < 4.78 is 11.0. The lowest BCUT2D eigenvalue weighted by Crippen LogP contribution is -2.16. The largest absolute Gasteiger partial charge is 0.486 e. The van der Waals surface area contributed by atoms with Gasteiger partial charge < -0.3 is 20.2 Å². The summed E-state index contributed by atoms with van der Waals surface area (Å²) >= 11 is 0. The number of nitrogens with one attached hydrogen (secondary N) is 1. The van der Waals surface area contributed by atoms with Gasteiger partial charge in [0.15, 0.2) is 11.5 Å². The molecule has 110 valence electrons. The molecule has 0 saturated heterocycles. The summed E-state index contributed by atoms with van der Waals surface area (Å²) in [5.41, 5.74) is 7.65. The van der Waals surface area contributed by atoms with E-state index in [1.54, 1.807) is 6.07 Å². The van der Waals surface area contributed by atoms with E-state index in [0.29, 0.717) is 41.9 Å². The monoisotopic (exact) mass is 287 g/mol. The van der Waals surface area contributed by atoms with Gasteiger partial charge in [-0.25, -0.2) is 4.98 Å². The van der Waals surface area contributed by atoms with Crippen LogP contribution in [0.5, 0.6) is 11.5 Å². The standard InChI is InChI=1S/C15H17N3O3/c1-2-3-13-17-11(8-14(19)18-13)9-6-10(16)15-12(7-9)20-4-5-21-15/h6-8H,2-5,16H2,1H3,(H,17,18,19). The smallest absolute Gasteiger partial charge is 0.251 e. The first-order valence-electron chi connectivity index (χ1n) is 6.97. The zero-order valence-corrected chi connectivity index (χ0v) is 11.8. The second-order valence-corrected chi connectivity index (χ2v) is 4.92. The van der Waals surface area contributed by atoms with Crippen molar-refractivity contribution in [3.05, 3.63) is 34.4 Å². The van der Waals surface area contributed by atoms with Crippen molar-refractivity contribution in [2.24, 2.45) is 0 Å². The highest BCUT2D eigenvalue weighted by molar-refractivity contribution is 5.73. The van der Waals surface area contributed by atoms with Crippen molar-refractivity contribution in [2.45, 2.75) is 19.8 Å². The average molecular weight is 287 g/mol. The maximum absolute atomic E-state index is 11.8. The van der Waals surface area contributed by atoms with Gasteiger partial charge in [0.1, 0.15) is 19.0 Å². The summed E-state index contributed by atoms with van der Waals surface area (Å²) in [4.78, 5) is 19.0. The van der Waals surface area contributed by atoms with Gasteiger partial charge in [-0.15, -0.1) is 0 Å². The van der Waals surface area contributed by atoms with Gasteiger partial charge in [0.05, 0.1) is 11.4 Å². The van der Waals surface area contributed by atoms with E-state index in [0.717, 1.165) is 18.4 Å². The van der Waals surface area contributed by atoms with Gasteiger partial charge in [0.2, 0.25) is 0 Å². The molecule has 1 aliphatic rings. The van der Waals surface area contributed by atoms with E-state index < -0.39 is 0 Å². The molecule has 21 heavy (non-hydrogen) atoms. The van der Waals surface area contributed by atoms with Gasteiger partial charge in [0.25, 0.3) is 5.56 Å². The third-order valence-electron chi connectivity index (χ3n) is 3.24. The Morgan fingerprint density at radius 2 is 2.10 bits per heavy atom. The van der Waals surface area contributed by atoms with E-state index in [9.17, 15) is 4.79 Å². The molecule has 0 bridgehead atoms. The van der Waals surface area contributed by atoms with Crippen molar-refractivity contribution in [1.82, 2.24) is 9.97 Å². The first kappa shape index (κ1) is 13.5. The van der Waals surface area contributed by atoms with Crippen molar-refractivity contribution in [2.75, 3.05) is 18.9 Å². The Kier molecular flexibility index (Phi) is 3.51. The van der Waals surface area contributed by atoms with E-state index in [4.69, 9.17) is 15.2 Å². The Morgan fingerprint density at radius 1 is 1.29 bits per heavy atom. The number of nitrogens with zero attached hydrogens (tertiary/aromatic N) is 1. The number of fused-ring (bicyclic) bond motifs is 1. The number of rotatable bonds is 3. The first-order valence-corrected chi connectivity index (χ1v) is 6.97. The fourth-order valence-electron chi connectivity index (χ4n) is 2.34. The maximum Gasteiger partial charge on any atom is 0.251 e. The molecule has 0 radical (unpaired) electrons. The lowest BCUT2D eigenvalue weighted by molar-refractivity contribution is 0.173. The molecule has 1 aromatic carbocycles. The highest BCUT2D eigenvalue weighted by Crippen LogP contribution is 2.39. The minimum atomic E-state index is -0.170. The number of hydrogen-bond acceptors (Lipinski definition) is 5. The normalized spacial score (nSPS) is 13.2. The molecule has 6 heteroatoms. The second kappa shape index (κ2) is 5.47. The van der Waals surface area contributed by atoms with Crippen molar-refractivity contribution in [3.63, 3.8) is 0 Å². The van der Waals surface area contributed by atoms with Crippen LogP contribution in [0.25, 0.3) is 11.3 Å². The second-order valence-electron chi connectivity index (χ2n) is 4.92. The van der Waals surface area contributed by atoms with Crippen LogP contribution >= 0.6 is 0 Å². The first-order chi connectivity index (χ1) is 10.2. The maximum atomic E-state index is 11.8. The molecule has 0 amide bonds. The summed E-state index contributed by atoms with van der Waals surface area (Å²) in [6.07, 6.45) is 1.64. The van der Waals surface area contributed by atoms with Crippen LogP contribution in [0, 0.1) is 0 Å². The van der Waals surface area contributed by atoms with Crippen molar-refractivity contribution < 1.29 is 9.47 Å². The summed E-state index contributed by atoms with van der Waals surface area (Å²) in [5.74, 6) is 1.83. The number of H-pyrrole nitrogens is 1. The predicted octanol–water partition coefficient (Wildman–Crippen LogP) is 1.74. The molecular weight excluding hydrogens is 270 g/mol. The molecule has 0 fully saturated rings. The minimum Gasteiger partial charge on any atom is -0.486 e. The summed E-state index contributed by atoms with van der Waals surface area (Å²) in [5, 5.41) is 0. The summed E-state index contributed by atoms with van der Waals surface area (Å²) in [7, 11) is 0. The van der Waals surface area contributed by atoms with E-state index in [1.165, 1.54) is 6.07 Å². The van der Waals surface area contributed by atoms with Crippen LogP contribution in [0.3, 0.4) is 0 Å². The zero-order valence-electron chi connectivity index (χ0n) is 11.8. The fourth-order valence-corrected chi connectivity index (χ4v) is 2.34. The lowest BCUT2D eigenvalue weighted by atomic mass is 10.1. The average Bonchev–Trinajstić information content (AvgIpc) is 2.47. The molecule has 1 aromatic heterocycles. The lowest BCUT2D eigenvalue weighted by Gasteiger charge is -2.20. The minimum absolute atomic E-state index is 0.170. The van der Waals surface area contributed by atoms with Gasteiger partial charge in [-0.3, -0.25) is 4.79 Å². The highest BCUT2D eigenvalue weighted by atomic mass is 16.6. The van der Waals surface area contributed by atoms with Crippen LogP contribution < -0.4 is 20.8 Å². The number of nitrogen functional groups attached to an aromatic ring is 1. The number of hydrogen-bond donors (Lipinski definition) is 2.